The standard InChI is InChI=1S/C14H25N3O2/c1-2-16-14(13(15)18)6-5-10(7-14)17-8-11-3-4-12(9-17)19-11/h10-12,16H,2-9H2,1H3,(H2,15,18). The van der Waals surface area contributed by atoms with Gasteiger partial charge in [0.25, 0.3) is 0 Å². The van der Waals surface area contributed by atoms with Gasteiger partial charge in [0.15, 0.2) is 0 Å². The molecule has 0 spiro atoms. The molecule has 3 fully saturated rings. The number of primary amides is 1. The summed E-state index contributed by atoms with van der Waals surface area (Å²) < 4.78 is 5.89. The Morgan fingerprint density at radius 3 is 2.63 bits per heavy atom. The Morgan fingerprint density at radius 1 is 1.37 bits per heavy atom. The largest absolute Gasteiger partial charge is 0.372 e. The number of nitrogens with zero attached hydrogens (tertiary/aromatic N) is 1. The first-order valence-corrected chi connectivity index (χ1v) is 7.57. The van der Waals surface area contributed by atoms with Crippen LogP contribution in [-0.4, -0.2) is 54.2 Å². The first-order chi connectivity index (χ1) is 9.13. The lowest BCUT2D eigenvalue weighted by molar-refractivity contribution is -0.124. The van der Waals surface area contributed by atoms with Crippen LogP contribution in [-0.2, 0) is 9.53 Å². The zero-order chi connectivity index (χ0) is 13.5. The van der Waals surface area contributed by atoms with Crippen molar-refractivity contribution in [3.05, 3.63) is 0 Å². The van der Waals surface area contributed by atoms with Gasteiger partial charge in [-0.15, -0.1) is 0 Å². The average Bonchev–Trinajstić information content (AvgIpc) is 2.95. The number of ether oxygens (including phenoxy) is 1. The van der Waals surface area contributed by atoms with Crippen molar-refractivity contribution >= 4 is 5.91 Å². The molecular weight excluding hydrogens is 242 g/mol. The van der Waals surface area contributed by atoms with Gasteiger partial charge in [-0.1, -0.05) is 6.92 Å². The molecule has 5 heteroatoms. The Labute approximate surface area is 114 Å². The van der Waals surface area contributed by atoms with Gasteiger partial charge in [-0.3, -0.25) is 9.69 Å². The number of carbonyl (C=O) groups is 1. The number of hydrogen-bond acceptors (Lipinski definition) is 4. The number of fused-ring (bicyclic) bond motifs is 2. The Balaban J connectivity index is 1.66. The maximum Gasteiger partial charge on any atom is 0.237 e. The maximum absolute atomic E-state index is 11.8. The highest BCUT2D eigenvalue weighted by Gasteiger charge is 2.47. The second-order valence-corrected chi connectivity index (χ2v) is 6.28. The van der Waals surface area contributed by atoms with E-state index in [1.165, 1.54) is 12.8 Å². The summed E-state index contributed by atoms with van der Waals surface area (Å²) in [4.78, 5) is 14.3. The summed E-state index contributed by atoms with van der Waals surface area (Å²) in [6, 6.07) is 0.485. The summed E-state index contributed by atoms with van der Waals surface area (Å²) in [5.41, 5.74) is 5.16. The molecule has 2 heterocycles. The molecule has 1 saturated carbocycles. The molecule has 0 aromatic rings. The van der Waals surface area contributed by atoms with Gasteiger partial charge in [0.2, 0.25) is 5.91 Å². The van der Waals surface area contributed by atoms with E-state index in [2.05, 4.69) is 10.2 Å². The molecule has 4 atom stereocenters. The second kappa shape index (κ2) is 5.04. The third-order valence-corrected chi connectivity index (χ3v) is 5.06. The predicted octanol–water partition coefficient (Wildman–Crippen LogP) is 0.236. The molecule has 3 aliphatic rings. The number of hydrogen-bond donors (Lipinski definition) is 2. The van der Waals surface area contributed by atoms with Gasteiger partial charge >= 0.3 is 0 Å². The third kappa shape index (κ3) is 2.39. The molecule has 19 heavy (non-hydrogen) atoms. The monoisotopic (exact) mass is 267 g/mol. The van der Waals surface area contributed by atoms with Crippen molar-refractivity contribution in [2.24, 2.45) is 5.73 Å². The molecule has 2 bridgehead atoms. The zero-order valence-corrected chi connectivity index (χ0v) is 11.7. The zero-order valence-electron chi connectivity index (χ0n) is 11.7. The fourth-order valence-corrected chi connectivity index (χ4v) is 4.09. The number of nitrogens with one attached hydrogen (secondary N) is 1. The van der Waals surface area contributed by atoms with Gasteiger partial charge in [0.05, 0.1) is 17.7 Å². The van der Waals surface area contributed by atoms with E-state index in [1.807, 2.05) is 6.92 Å². The van der Waals surface area contributed by atoms with Crippen LogP contribution in [0.25, 0.3) is 0 Å². The van der Waals surface area contributed by atoms with E-state index in [1.54, 1.807) is 0 Å². The molecule has 5 nitrogen and oxygen atoms in total. The minimum Gasteiger partial charge on any atom is -0.372 e. The Hall–Kier alpha value is -0.650. The number of carbonyl (C=O) groups excluding carboxylic acids is 1. The molecule has 1 aliphatic carbocycles. The minimum absolute atomic E-state index is 0.187. The summed E-state index contributed by atoms with van der Waals surface area (Å²) in [6.07, 6.45) is 6.02. The fourth-order valence-electron chi connectivity index (χ4n) is 4.09. The van der Waals surface area contributed by atoms with Crippen LogP contribution in [0.15, 0.2) is 0 Å². The van der Waals surface area contributed by atoms with Crippen molar-refractivity contribution in [3.63, 3.8) is 0 Å². The first-order valence-electron chi connectivity index (χ1n) is 7.57. The van der Waals surface area contributed by atoms with Gasteiger partial charge in [0, 0.05) is 19.1 Å². The first kappa shape index (κ1) is 13.3. The van der Waals surface area contributed by atoms with Crippen LogP contribution in [0.4, 0.5) is 0 Å². The smallest absolute Gasteiger partial charge is 0.237 e. The number of rotatable bonds is 4. The van der Waals surface area contributed by atoms with Gasteiger partial charge < -0.3 is 15.8 Å². The van der Waals surface area contributed by atoms with Gasteiger partial charge in [-0.05, 0) is 38.6 Å². The fraction of sp³-hybridized carbons (Fsp3) is 0.929. The summed E-state index contributed by atoms with van der Waals surface area (Å²) in [5.74, 6) is -0.187. The van der Waals surface area contributed by atoms with Crippen molar-refractivity contribution < 1.29 is 9.53 Å². The molecule has 0 aromatic carbocycles. The minimum atomic E-state index is -0.475. The highest BCUT2D eigenvalue weighted by atomic mass is 16.5. The molecule has 4 unspecified atom stereocenters. The van der Waals surface area contributed by atoms with Gasteiger partial charge in [-0.25, -0.2) is 0 Å². The van der Waals surface area contributed by atoms with Crippen LogP contribution in [0.3, 0.4) is 0 Å². The summed E-state index contributed by atoms with van der Waals surface area (Å²) >= 11 is 0. The van der Waals surface area contributed by atoms with Crippen molar-refractivity contribution in [3.8, 4) is 0 Å². The number of amides is 1. The highest BCUT2D eigenvalue weighted by molar-refractivity contribution is 5.85. The lowest BCUT2D eigenvalue weighted by Gasteiger charge is -2.37. The quantitative estimate of drug-likeness (QED) is 0.765. The molecular formula is C14H25N3O2. The molecule has 1 amide bonds. The van der Waals surface area contributed by atoms with Crippen LogP contribution in [0.2, 0.25) is 0 Å². The van der Waals surface area contributed by atoms with Crippen LogP contribution < -0.4 is 11.1 Å². The van der Waals surface area contributed by atoms with E-state index >= 15 is 0 Å². The molecule has 0 radical (unpaired) electrons. The molecule has 108 valence electrons. The van der Waals surface area contributed by atoms with Crippen LogP contribution in [0.1, 0.15) is 39.0 Å². The number of nitrogens with two attached hydrogens (primary N) is 1. The molecule has 3 N–H and O–H groups in total. The summed E-state index contributed by atoms with van der Waals surface area (Å²) in [6.45, 7) is 4.89. The van der Waals surface area contributed by atoms with Crippen LogP contribution in [0.5, 0.6) is 0 Å². The Bertz CT molecular complexity index is 351. The van der Waals surface area contributed by atoms with E-state index < -0.39 is 5.54 Å². The number of morpholine rings is 1. The van der Waals surface area contributed by atoms with Crippen molar-refractivity contribution in [1.29, 1.82) is 0 Å². The SMILES string of the molecule is CCNC1(C(N)=O)CCC(N2CC3CCC(C2)O3)C1. The van der Waals surface area contributed by atoms with E-state index in [4.69, 9.17) is 10.5 Å². The van der Waals surface area contributed by atoms with Crippen LogP contribution in [0, 0.1) is 0 Å². The lowest BCUT2D eigenvalue weighted by atomic mass is 9.96. The van der Waals surface area contributed by atoms with Crippen LogP contribution >= 0.6 is 0 Å². The number of likely N-dealkylation sites (N-methyl/N-ethyl adjacent to an activating group) is 1. The molecule has 0 aromatic heterocycles. The Kier molecular flexibility index (Phi) is 3.53. The van der Waals surface area contributed by atoms with Crippen molar-refractivity contribution in [1.82, 2.24) is 10.2 Å². The predicted molar refractivity (Wildman–Crippen MR) is 72.7 cm³/mol. The highest BCUT2D eigenvalue weighted by Crippen LogP contribution is 2.36. The normalized spacial score (nSPS) is 42.7. The van der Waals surface area contributed by atoms with E-state index in [0.29, 0.717) is 18.2 Å². The molecule has 2 aliphatic heterocycles. The Morgan fingerprint density at radius 2 is 2.05 bits per heavy atom. The summed E-state index contributed by atoms with van der Waals surface area (Å²) in [5, 5.41) is 3.33. The third-order valence-electron chi connectivity index (χ3n) is 5.06. The van der Waals surface area contributed by atoms with Crippen molar-refractivity contribution in [2.75, 3.05) is 19.6 Å². The van der Waals surface area contributed by atoms with E-state index in [0.717, 1.165) is 38.9 Å². The average molecular weight is 267 g/mol. The lowest BCUT2D eigenvalue weighted by Crippen LogP contribution is -2.55. The van der Waals surface area contributed by atoms with Gasteiger partial charge in [0.1, 0.15) is 0 Å². The maximum atomic E-state index is 11.8. The van der Waals surface area contributed by atoms with E-state index in [9.17, 15) is 4.79 Å². The molecule has 2 saturated heterocycles. The second-order valence-electron chi connectivity index (χ2n) is 6.28. The van der Waals surface area contributed by atoms with E-state index in [-0.39, 0.29) is 5.91 Å². The van der Waals surface area contributed by atoms with Crippen molar-refractivity contribution in [2.45, 2.75) is 62.8 Å². The number of likely N-dealkylation sites (tertiary alicyclic amines) is 1. The van der Waals surface area contributed by atoms with Gasteiger partial charge in [-0.2, -0.15) is 0 Å². The molecule has 3 rings (SSSR count). The summed E-state index contributed by atoms with van der Waals surface area (Å²) in [7, 11) is 0. The topological polar surface area (TPSA) is 67.6 Å².